The van der Waals surface area contributed by atoms with E-state index in [-0.39, 0.29) is 10.8 Å². The molecule has 2 N–H and O–H groups in total. The van der Waals surface area contributed by atoms with Crippen molar-refractivity contribution in [3.8, 4) is 5.88 Å². The number of hydrogen-bond acceptors (Lipinski definition) is 5. The average molecular weight is 379 g/mol. The molecule has 0 aliphatic heterocycles. The fraction of sp³-hybridized carbons (Fsp3) is 0.250. The van der Waals surface area contributed by atoms with Gasteiger partial charge >= 0.3 is 0 Å². The van der Waals surface area contributed by atoms with Crippen molar-refractivity contribution < 1.29 is 13.2 Å². The number of rotatable bonds is 5. The second-order valence-corrected chi connectivity index (χ2v) is 7.97. The molecule has 0 radical (unpaired) electrons. The van der Waals surface area contributed by atoms with E-state index in [1.54, 1.807) is 24.4 Å². The fourth-order valence-electron chi connectivity index (χ4n) is 2.73. The third-order valence-electron chi connectivity index (χ3n) is 4.11. The molecule has 1 saturated carbocycles. The summed E-state index contributed by atoms with van der Waals surface area (Å²) in [4.78, 5) is 11.3. The Bertz CT molecular complexity index is 1060. The molecule has 4 rings (SSSR count). The fourth-order valence-corrected chi connectivity index (χ4v) is 4.03. The van der Waals surface area contributed by atoms with Crippen molar-refractivity contribution in [3.63, 3.8) is 0 Å². The van der Waals surface area contributed by atoms with E-state index >= 15 is 0 Å². The first kappa shape index (κ1) is 16.2. The topological polar surface area (TPSA) is 97.0 Å². The van der Waals surface area contributed by atoms with Gasteiger partial charge in [-0.15, -0.1) is 0 Å². The summed E-state index contributed by atoms with van der Waals surface area (Å²) >= 11 is 5.93. The van der Waals surface area contributed by atoms with E-state index in [1.807, 2.05) is 0 Å². The number of ether oxygens (including phenoxy) is 1. The van der Waals surface area contributed by atoms with Gasteiger partial charge in [0.2, 0.25) is 11.8 Å². The predicted molar refractivity (Wildman–Crippen MR) is 94.7 cm³/mol. The summed E-state index contributed by atoms with van der Waals surface area (Å²) in [7, 11) is -2.35. The highest BCUT2D eigenvalue weighted by atomic mass is 35.5. The van der Waals surface area contributed by atoms with Crippen molar-refractivity contribution in [3.05, 3.63) is 41.2 Å². The van der Waals surface area contributed by atoms with Crippen molar-refractivity contribution in [1.29, 1.82) is 0 Å². The van der Waals surface area contributed by atoms with Crippen LogP contribution < -0.4 is 9.46 Å². The molecule has 2 heterocycles. The van der Waals surface area contributed by atoms with Gasteiger partial charge in [-0.1, -0.05) is 11.6 Å². The SMILES string of the molecule is COc1nc(NS(=O)(=O)c2c[nH]c3cc(Cl)ccc23)ncc1C1CC1. The van der Waals surface area contributed by atoms with E-state index in [2.05, 4.69) is 19.7 Å². The molecule has 1 aliphatic rings. The van der Waals surface area contributed by atoms with Crippen LogP contribution in [0.2, 0.25) is 5.02 Å². The molecular weight excluding hydrogens is 364 g/mol. The Labute approximate surface area is 149 Å². The first-order valence-corrected chi connectivity index (χ1v) is 9.54. The highest BCUT2D eigenvalue weighted by Gasteiger charge is 2.29. The Hall–Kier alpha value is -2.32. The minimum Gasteiger partial charge on any atom is -0.481 e. The molecule has 0 atom stereocenters. The lowest BCUT2D eigenvalue weighted by atomic mass is 10.2. The molecule has 2 aromatic heterocycles. The van der Waals surface area contributed by atoms with Gasteiger partial charge in [-0.3, -0.25) is 0 Å². The largest absolute Gasteiger partial charge is 0.481 e. The second-order valence-electron chi connectivity index (χ2n) is 5.88. The van der Waals surface area contributed by atoms with Gasteiger partial charge in [0.1, 0.15) is 4.90 Å². The van der Waals surface area contributed by atoms with Crippen LogP contribution in [0.25, 0.3) is 10.9 Å². The van der Waals surface area contributed by atoms with E-state index in [0.717, 1.165) is 18.4 Å². The van der Waals surface area contributed by atoms with Gasteiger partial charge in [-0.25, -0.2) is 18.1 Å². The summed E-state index contributed by atoms with van der Waals surface area (Å²) in [5, 5.41) is 1.06. The maximum Gasteiger partial charge on any atom is 0.266 e. The van der Waals surface area contributed by atoms with E-state index in [4.69, 9.17) is 16.3 Å². The summed E-state index contributed by atoms with van der Waals surface area (Å²) in [5.41, 5.74) is 1.54. The summed E-state index contributed by atoms with van der Waals surface area (Å²) in [5.74, 6) is 0.782. The van der Waals surface area contributed by atoms with Crippen LogP contribution in [-0.4, -0.2) is 30.5 Å². The Kier molecular flexibility index (Phi) is 3.81. The average Bonchev–Trinajstić information content (AvgIpc) is 3.33. The van der Waals surface area contributed by atoms with Crippen LogP contribution in [0.3, 0.4) is 0 Å². The van der Waals surface area contributed by atoms with E-state index in [9.17, 15) is 8.42 Å². The number of benzene rings is 1. The zero-order valence-electron chi connectivity index (χ0n) is 13.3. The standard InChI is InChI=1S/C16H15ClN4O3S/c1-24-15-12(9-2-3-9)7-19-16(20-15)21-25(22,23)14-8-18-13-6-10(17)4-5-11(13)14/h4-9,18H,2-3H2,1H3,(H,19,20,21). The Balaban J connectivity index is 1.69. The molecule has 1 fully saturated rings. The Morgan fingerprint density at radius 2 is 2.16 bits per heavy atom. The van der Waals surface area contributed by atoms with Gasteiger partial charge < -0.3 is 9.72 Å². The zero-order valence-corrected chi connectivity index (χ0v) is 14.9. The molecule has 1 aliphatic carbocycles. The normalized spacial score (nSPS) is 14.6. The molecule has 0 spiro atoms. The number of sulfonamides is 1. The molecule has 0 bridgehead atoms. The van der Waals surface area contributed by atoms with Crippen molar-refractivity contribution in [1.82, 2.24) is 15.0 Å². The Morgan fingerprint density at radius 3 is 2.88 bits per heavy atom. The maximum absolute atomic E-state index is 12.7. The predicted octanol–water partition coefficient (Wildman–Crippen LogP) is 3.30. The third-order valence-corrected chi connectivity index (χ3v) is 5.72. The van der Waals surface area contributed by atoms with Crippen LogP contribution in [-0.2, 0) is 10.0 Å². The number of anilines is 1. The number of nitrogens with one attached hydrogen (secondary N) is 2. The van der Waals surface area contributed by atoms with E-state index in [0.29, 0.717) is 27.7 Å². The van der Waals surface area contributed by atoms with Crippen molar-refractivity contribution in [2.24, 2.45) is 0 Å². The molecule has 0 saturated heterocycles. The van der Waals surface area contributed by atoms with E-state index < -0.39 is 10.0 Å². The second kappa shape index (κ2) is 5.89. The van der Waals surface area contributed by atoms with Crippen LogP contribution in [0.1, 0.15) is 24.3 Å². The quantitative estimate of drug-likeness (QED) is 0.710. The van der Waals surface area contributed by atoms with Crippen LogP contribution in [0.4, 0.5) is 5.95 Å². The lowest BCUT2D eigenvalue weighted by Gasteiger charge is -2.09. The van der Waals surface area contributed by atoms with Gasteiger partial charge in [-0.2, -0.15) is 4.98 Å². The van der Waals surface area contributed by atoms with Crippen molar-refractivity contribution in [2.75, 3.05) is 11.8 Å². The maximum atomic E-state index is 12.7. The number of fused-ring (bicyclic) bond motifs is 1. The monoisotopic (exact) mass is 378 g/mol. The molecule has 25 heavy (non-hydrogen) atoms. The van der Waals surface area contributed by atoms with Gasteiger partial charge in [0.05, 0.1) is 7.11 Å². The van der Waals surface area contributed by atoms with Gasteiger partial charge in [-0.05, 0) is 37.0 Å². The third kappa shape index (κ3) is 3.03. The smallest absolute Gasteiger partial charge is 0.266 e. The highest BCUT2D eigenvalue weighted by Crippen LogP contribution is 2.43. The minimum atomic E-state index is -3.86. The number of aromatic amines is 1. The number of H-pyrrole nitrogens is 1. The molecule has 0 unspecified atom stereocenters. The number of halogens is 1. The van der Waals surface area contributed by atoms with Crippen LogP contribution >= 0.6 is 11.6 Å². The Morgan fingerprint density at radius 1 is 1.36 bits per heavy atom. The highest BCUT2D eigenvalue weighted by molar-refractivity contribution is 7.93. The van der Waals surface area contributed by atoms with Gasteiger partial charge in [0.15, 0.2) is 0 Å². The molecular formula is C16H15ClN4O3S. The number of hydrogen-bond donors (Lipinski definition) is 2. The zero-order chi connectivity index (χ0) is 17.6. The first-order chi connectivity index (χ1) is 12.0. The summed E-state index contributed by atoms with van der Waals surface area (Å²) in [6.07, 6.45) is 5.18. The molecule has 7 nitrogen and oxygen atoms in total. The van der Waals surface area contributed by atoms with Crippen LogP contribution in [0.15, 0.2) is 35.5 Å². The lowest BCUT2D eigenvalue weighted by molar-refractivity contribution is 0.392. The number of nitrogens with zero attached hydrogens (tertiary/aromatic N) is 2. The number of aromatic nitrogens is 3. The minimum absolute atomic E-state index is 0.0236. The number of methoxy groups -OCH3 is 1. The molecule has 1 aromatic carbocycles. The molecule has 0 amide bonds. The summed E-state index contributed by atoms with van der Waals surface area (Å²) < 4.78 is 33.1. The van der Waals surface area contributed by atoms with Crippen LogP contribution in [0, 0.1) is 0 Å². The van der Waals surface area contributed by atoms with Crippen molar-refractivity contribution in [2.45, 2.75) is 23.7 Å². The molecule has 130 valence electrons. The first-order valence-electron chi connectivity index (χ1n) is 7.68. The van der Waals surface area contributed by atoms with Gasteiger partial charge in [0, 0.05) is 33.9 Å². The molecule has 9 heteroatoms. The summed E-state index contributed by atoms with van der Waals surface area (Å²) in [6.45, 7) is 0. The summed E-state index contributed by atoms with van der Waals surface area (Å²) in [6, 6.07) is 4.96. The van der Waals surface area contributed by atoms with Crippen molar-refractivity contribution >= 4 is 38.5 Å². The lowest BCUT2D eigenvalue weighted by Crippen LogP contribution is -2.15. The molecule has 3 aromatic rings. The van der Waals surface area contributed by atoms with Crippen LogP contribution in [0.5, 0.6) is 5.88 Å². The van der Waals surface area contributed by atoms with Gasteiger partial charge in [0.25, 0.3) is 10.0 Å². The van der Waals surface area contributed by atoms with E-state index in [1.165, 1.54) is 13.3 Å².